The molecule has 0 spiro atoms. The molecule has 0 heterocycles. The van der Waals surface area contributed by atoms with Gasteiger partial charge in [0.2, 0.25) is 0 Å². The van der Waals surface area contributed by atoms with Crippen molar-refractivity contribution in [3.8, 4) is 23.0 Å². The van der Waals surface area contributed by atoms with E-state index in [2.05, 4.69) is 0 Å². The van der Waals surface area contributed by atoms with Crippen molar-refractivity contribution in [1.82, 2.24) is 0 Å². The van der Waals surface area contributed by atoms with Gasteiger partial charge in [0.25, 0.3) is 0 Å². The van der Waals surface area contributed by atoms with Crippen LogP contribution in [0.1, 0.15) is 15.9 Å². The van der Waals surface area contributed by atoms with Crippen molar-refractivity contribution in [2.75, 3.05) is 28.4 Å². The van der Waals surface area contributed by atoms with E-state index in [-0.39, 0.29) is 11.5 Å². The van der Waals surface area contributed by atoms with Crippen molar-refractivity contribution in [3.63, 3.8) is 0 Å². The zero-order chi connectivity index (χ0) is 16.7. The maximum atomic E-state index is 12.4. The SMILES string of the molecule is COc1cc(OC)c2c(OC)cc(OC)c3c2c1C(=O)C=C3O. The number of carbonyl (C=O) groups is 1. The summed E-state index contributed by atoms with van der Waals surface area (Å²) in [5, 5.41) is 11.3. The van der Waals surface area contributed by atoms with Crippen molar-refractivity contribution < 1.29 is 28.8 Å². The molecular weight excluding hydrogens is 300 g/mol. The average Bonchev–Trinajstić information content (AvgIpc) is 2.57. The maximum absolute atomic E-state index is 12.4. The Morgan fingerprint density at radius 2 is 1.22 bits per heavy atom. The number of carbonyl (C=O) groups excluding carboxylic acids is 1. The van der Waals surface area contributed by atoms with E-state index >= 15 is 0 Å². The number of rotatable bonds is 4. The van der Waals surface area contributed by atoms with Gasteiger partial charge in [-0.3, -0.25) is 4.79 Å². The normalized spacial score (nSPS) is 12.9. The third-order valence-corrected chi connectivity index (χ3v) is 3.91. The van der Waals surface area contributed by atoms with E-state index in [1.807, 2.05) is 0 Å². The fourth-order valence-electron chi connectivity index (χ4n) is 2.93. The molecule has 23 heavy (non-hydrogen) atoms. The molecular formula is C17H16O6. The molecule has 0 saturated carbocycles. The quantitative estimate of drug-likeness (QED) is 0.935. The van der Waals surface area contributed by atoms with Crippen LogP contribution >= 0.6 is 0 Å². The first-order valence-electron chi connectivity index (χ1n) is 6.86. The highest BCUT2D eigenvalue weighted by Crippen LogP contribution is 2.49. The van der Waals surface area contributed by atoms with Crippen molar-refractivity contribution >= 4 is 22.3 Å². The molecule has 1 N–H and O–H groups in total. The molecule has 120 valence electrons. The second-order valence-corrected chi connectivity index (χ2v) is 4.96. The Labute approximate surface area is 132 Å². The summed E-state index contributed by atoms with van der Waals surface area (Å²) in [5.74, 6) is 1.19. The lowest BCUT2D eigenvalue weighted by atomic mass is 9.88. The average molecular weight is 316 g/mol. The van der Waals surface area contributed by atoms with Crippen LogP contribution in [0, 0.1) is 0 Å². The Bertz CT molecular complexity index is 840. The molecule has 1 aliphatic rings. The Balaban J connectivity index is 2.63. The second-order valence-electron chi connectivity index (χ2n) is 4.96. The van der Waals surface area contributed by atoms with Gasteiger partial charge in [-0.15, -0.1) is 0 Å². The Hall–Kier alpha value is -2.89. The van der Waals surface area contributed by atoms with Crippen molar-refractivity contribution in [2.24, 2.45) is 0 Å². The van der Waals surface area contributed by atoms with Crippen LogP contribution in [-0.2, 0) is 0 Å². The van der Waals surface area contributed by atoms with Gasteiger partial charge >= 0.3 is 0 Å². The minimum absolute atomic E-state index is 0.165. The third kappa shape index (κ3) is 1.98. The summed E-state index contributed by atoms with van der Waals surface area (Å²) in [6.45, 7) is 0. The first-order valence-corrected chi connectivity index (χ1v) is 6.86. The molecule has 0 aromatic heterocycles. The fraction of sp³-hybridized carbons (Fsp3) is 0.235. The van der Waals surface area contributed by atoms with Crippen LogP contribution in [-0.4, -0.2) is 39.3 Å². The number of allylic oxidation sites excluding steroid dienone is 1. The van der Waals surface area contributed by atoms with E-state index in [1.54, 1.807) is 12.1 Å². The summed E-state index contributed by atoms with van der Waals surface area (Å²) in [7, 11) is 5.98. The summed E-state index contributed by atoms with van der Waals surface area (Å²) in [5.41, 5.74) is 0.753. The molecule has 2 aromatic rings. The van der Waals surface area contributed by atoms with Crippen molar-refractivity contribution in [3.05, 3.63) is 29.3 Å². The number of aliphatic hydroxyl groups is 1. The molecule has 0 saturated heterocycles. The lowest BCUT2D eigenvalue weighted by Gasteiger charge is -2.22. The van der Waals surface area contributed by atoms with Crippen molar-refractivity contribution in [1.29, 1.82) is 0 Å². The molecule has 6 nitrogen and oxygen atoms in total. The number of hydrogen-bond donors (Lipinski definition) is 1. The van der Waals surface area contributed by atoms with E-state index < -0.39 is 0 Å². The molecule has 6 heteroatoms. The van der Waals surface area contributed by atoms with Crippen LogP contribution < -0.4 is 18.9 Å². The first kappa shape index (κ1) is 15.0. The molecule has 0 amide bonds. The lowest BCUT2D eigenvalue weighted by molar-refractivity contribution is 0.104. The number of ketones is 1. The van der Waals surface area contributed by atoms with E-state index in [9.17, 15) is 9.90 Å². The lowest BCUT2D eigenvalue weighted by Crippen LogP contribution is -2.10. The summed E-state index contributed by atoms with van der Waals surface area (Å²) in [4.78, 5) is 12.4. The Morgan fingerprint density at radius 1 is 0.739 bits per heavy atom. The van der Waals surface area contributed by atoms with E-state index in [4.69, 9.17) is 18.9 Å². The van der Waals surface area contributed by atoms with Gasteiger partial charge in [0, 0.05) is 23.6 Å². The van der Waals surface area contributed by atoms with Gasteiger partial charge in [-0.25, -0.2) is 0 Å². The molecule has 0 aliphatic heterocycles. The van der Waals surface area contributed by atoms with E-state index in [0.717, 1.165) is 6.08 Å². The third-order valence-electron chi connectivity index (χ3n) is 3.91. The second kappa shape index (κ2) is 5.39. The van der Waals surface area contributed by atoms with Crippen LogP contribution in [0.5, 0.6) is 23.0 Å². The largest absolute Gasteiger partial charge is 0.507 e. The Kier molecular flexibility index (Phi) is 3.52. The van der Waals surface area contributed by atoms with Gasteiger partial charge in [0.05, 0.1) is 45.0 Å². The highest BCUT2D eigenvalue weighted by atomic mass is 16.5. The van der Waals surface area contributed by atoms with E-state index in [1.165, 1.54) is 28.4 Å². The molecule has 0 bridgehead atoms. The van der Waals surface area contributed by atoms with Crippen LogP contribution in [0.3, 0.4) is 0 Å². The van der Waals surface area contributed by atoms with Crippen molar-refractivity contribution in [2.45, 2.75) is 0 Å². The number of aliphatic hydroxyl groups excluding tert-OH is 1. The number of ether oxygens (including phenoxy) is 4. The minimum Gasteiger partial charge on any atom is -0.507 e. The molecule has 2 aromatic carbocycles. The number of methoxy groups -OCH3 is 4. The number of benzene rings is 2. The Morgan fingerprint density at radius 3 is 1.70 bits per heavy atom. The standard InChI is InChI=1S/C17H16O6/c1-20-10-6-12(22-3)16-13(23-4)7-11(21-2)15-9(19)5-8(18)14(10)17(15)16/h5-7,18H,1-4H3. The van der Waals surface area contributed by atoms with E-state index in [0.29, 0.717) is 44.9 Å². The van der Waals surface area contributed by atoms with Crippen LogP contribution in [0.4, 0.5) is 0 Å². The van der Waals surface area contributed by atoms with Gasteiger partial charge in [-0.2, -0.15) is 0 Å². The molecule has 0 radical (unpaired) electrons. The summed E-state index contributed by atoms with van der Waals surface area (Å²) < 4.78 is 21.5. The van der Waals surface area contributed by atoms with Gasteiger partial charge < -0.3 is 24.1 Å². The van der Waals surface area contributed by atoms with Gasteiger partial charge in [-0.05, 0) is 0 Å². The summed E-state index contributed by atoms with van der Waals surface area (Å²) in [6, 6.07) is 3.28. The number of hydrogen-bond acceptors (Lipinski definition) is 6. The van der Waals surface area contributed by atoms with Gasteiger partial charge in [-0.1, -0.05) is 0 Å². The first-order chi connectivity index (χ1) is 11.1. The minimum atomic E-state index is -0.352. The monoisotopic (exact) mass is 316 g/mol. The highest BCUT2D eigenvalue weighted by molar-refractivity contribution is 6.25. The van der Waals surface area contributed by atoms with Gasteiger partial charge in [0.15, 0.2) is 5.78 Å². The summed E-state index contributed by atoms with van der Waals surface area (Å²) >= 11 is 0. The molecule has 1 aliphatic carbocycles. The highest BCUT2D eigenvalue weighted by Gasteiger charge is 2.31. The van der Waals surface area contributed by atoms with Crippen LogP contribution in [0.2, 0.25) is 0 Å². The van der Waals surface area contributed by atoms with Crippen LogP contribution in [0.15, 0.2) is 18.2 Å². The summed E-state index contributed by atoms with van der Waals surface area (Å²) in [6.07, 6.45) is 1.15. The van der Waals surface area contributed by atoms with Crippen LogP contribution in [0.25, 0.3) is 16.5 Å². The topological polar surface area (TPSA) is 74.2 Å². The zero-order valence-electron chi connectivity index (χ0n) is 13.2. The molecule has 0 atom stereocenters. The zero-order valence-corrected chi connectivity index (χ0v) is 13.2. The maximum Gasteiger partial charge on any atom is 0.193 e. The molecule has 0 unspecified atom stereocenters. The molecule has 0 fully saturated rings. The predicted molar refractivity (Wildman–Crippen MR) is 85.1 cm³/mol. The predicted octanol–water partition coefficient (Wildman–Crippen LogP) is 2.97. The fourth-order valence-corrected chi connectivity index (χ4v) is 2.93. The van der Waals surface area contributed by atoms with Gasteiger partial charge in [0.1, 0.15) is 28.8 Å². The molecule has 3 rings (SSSR count). The smallest absolute Gasteiger partial charge is 0.193 e.